The van der Waals surface area contributed by atoms with Gasteiger partial charge in [-0.15, -0.1) is 0 Å². The van der Waals surface area contributed by atoms with Crippen LogP contribution in [0.4, 0.5) is 18.9 Å². The molecule has 3 fully saturated rings. The average molecular weight is 438 g/mol. The molecule has 4 rings (SSSR count). The van der Waals surface area contributed by atoms with Crippen molar-refractivity contribution in [2.24, 2.45) is 5.92 Å². The molecule has 0 bridgehead atoms. The summed E-state index contributed by atoms with van der Waals surface area (Å²) in [7, 11) is 0. The Kier molecular flexibility index (Phi) is 6.41. The van der Waals surface area contributed by atoms with Crippen molar-refractivity contribution in [1.29, 1.82) is 0 Å². The van der Waals surface area contributed by atoms with Crippen molar-refractivity contribution in [1.82, 2.24) is 15.1 Å². The molecule has 1 N–H and O–H groups in total. The Morgan fingerprint density at radius 3 is 2.55 bits per heavy atom. The number of nitrogens with zero attached hydrogens (tertiary/aromatic N) is 3. The highest BCUT2D eigenvalue weighted by Crippen LogP contribution is 2.33. The Labute approximate surface area is 180 Å². The molecule has 1 aromatic carbocycles. The summed E-state index contributed by atoms with van der Waals surface area (Å²) >= 11 is 0. The second kappa shape index (κ2) is 9.06. The summed E-state index contributed by atoms with van der Waals surface area (Å²) in [5.41, 5.74) is -0.0134. The van der Waals surface area contributed by atoms with Crippen LogP contribution in [0, 0.1) is 5.92 Å². The lowest BCUT2D eigenvalue weighted by atomic mass is 10.1. The van der Waals surface area contributed by atoms with Gasteiger partial charge < -0.3 is 15.1 Å². The van der Waals surface area contributed by atoms with Crippen molar-refractivity contribution < 1.29 is 22.8 Å². The fraction of sp³-hybridized carbons (Fsp3) is 0.636. The van der Waals surface area contributed by atoms with Crippen molar-refractivity contribution in [2.45, 2.75) is 37.9 Å². The molecule has 170 valence electrons. The van der Waals surface area contributed by atoms with E-state index in [2.05, 4.69) is 10.2 Å². The molecule has 3 aliphatic rings. The van der Waals surface area contributed by atoms with E-state index in [1.807, 2.05) is 9.80 Å². The van der Waals surface area contributed by atoms with Crippen molar-refractivity contribution >= 4 is 17.5 Å². The Bertz CT molecular complexity index is 804. The highest BCUT2D eigenvalue weighted by Gasteiger charge is 2.41. The molecule has 9 heteroatoms. The molecule has 1 aromatic rings. The Hall–Kier alpha value is -2.29. The van der Waals surface area contributed by atoms with Gasteiger partial charge in [0.15, 0.2) is 0 Å². The molecular formula is C22H29F3N4O2. The van der Waals surface area contributed by atoms with Crippen LogP contribution in [0.5, 0.6) is 0 Å². The van der Waals surface area contributed by atoms with Crippen LogP contribution in [0.15, 0.2) is 24.3 Å². The first-order chi connectivity index (χ1) is 14.8. The quantitative estimate of drug-likeness (QED) is 0.664. The summed E-state index contributed by atoms with van der Waals surface area (Å²) in [6.45, 7) is 4.85. The van der Waals surface area contributed by atoms with E-state index in [4.69, 9.17) is 0 Å². The van der Waals surface area contributed by atoms with Gasteiger partial charge in [0, 0.05) is 57.4 Å². The van der Waals surface area contributed by atoms with Gasteiger partial charge in [0.2, 0.25) is 11.8 Å². The van der Waals surface area contributed by atoms with E-state index in [0.717, 1.165) is 45.0 Å². The van der Waals surface area contributed by atoms with E-state index in [0.29, 0.717) is 44.3 Å². The molecule has 0 radical (unpaired) electrons. The number of hydrogen-bond donors (Lipinski definition) is 1. The van der Waals surface area contributed by atoms with Gasteiger partial charge in [-0.05, 0) is 44.0 Å². The van der Waals surface area contributed by atoms with E-state index in [9.17, 15) is 22.8 Å². The molecular weight excluding hydrogens is 409 g/mol. The number of carbonyl (C=O) groups is 2. The standard InChI is InChI=1S/C22H29F3N4O2/c23-22(24,25)17-3-1-4-19(14-17)28-11-9-27(10-12-28)8-2-7-26-21(31)16-13-20(30)29(15-16)18-5-6-18/h1,3-4,14,16,18H,2,5-13,15H2,(H,26,31). The van der Waals surface area contributed by atoms with Gasteiger partial charge in [-0.1, -0.05) is 6.07 Å². The zero-order chi connectivity index (χ0) is 22.0. The summed E-state index contributed by atoms with van der Waals surface area (Å²) in [5, 5.41) is 2.96. The minimum atomic E-state index is -4.33. The Balaban J connectivity index is 1.14. The highest BCUT2D eigenvalue weighted by molar-refractivity contribution is 5.89. The number of likely N-dealkylation sites (tertiary alicyclic amines) is 1. The molecule has 1 atom stereocenters. The number of halogens is 3. The molecule has 1 unspecified atom stereocenters. The first kappa shape index (κ1) is 21.9. The zero-order valence-electron chi connectivity index (χ0n) is 17.5. The maximum absolute atomic E-state index is 12.9. The third-order valence-electron chi connectivity index (χ3n) is 6.38. The minimum absolute atomic E-state index is 0.0362. The van der Waals surface area contributed by atoms with Gasteiger partial charge >= 0.3 is 6.18 Å². The maximum Gasteiger partial charge on any atom is 0.416 e. The largest absolute Gasteiger partial charge is 0.416 e. The fourth-order valence-electron chi connectivity index (χ4n) is 4.41. The van der Waals surface area contributed by atoms with Crippen LogP contribution in [-0.4, -0.2) is 73.5 Å². The van der Waals surface area contributed by atoms with E-state index < -0.39 is 11.7 Å². The van der Waals surface area contributed by atoms with Crippen molar-refractivity contribution in [3.8, 4) is 0 Å². The van der Waals surface area contributed by atoms with E-state index in [1.165, 1.54) is 12.1 Å². The molecule has 0 aromatic heterocycles. The van der Waals surface area contributed by atoms with Gasteiger partial charge in [0.1, 0.15) is 0 Å². The number of nitrogens with one attached hydrogen (secondary N) is 1. The van der Waals surface area contributed by atoms with Gasteiger partial charge in [-0.2, -0.15) is 13.2 Å². The lowest BCUT2D eigenvalue weighted by Crippen LogP contribution is -2.47. The molecule has 2 saturated heterocycles. The van der Waals surface area contributed by atoms with E-state index >= 15 is 0 Å². The van der Waals surface area contributed by atoms with Crippen molar-refractivity contribution in [3.05, 3.63) is 29.8 Å². The average Bonchev–Trinajstić information content (AvgIpc) is 3.52. The van der Waals surface area contributed by atoms with E-state index in [1.54, 1.807) is 6.07 Å². The summed E-state index contributed by atoms with van der Waals surface area (Å²) < 4.78 is 38.8. The number of rotatable bonds is 7. The maximum atomic E-state index is 12.9. The number of amides is 2. The predicted molar refractivity (Wildman–Crippen MR) is 111 cm³/mol. The fourth-order valence-corrected chi connectivity index (χ4v) is 4.41. The predicted octanol–water partition coefficient (Wildman–Crippen LogP) is 2.34. The number of piperazine rings is 1. The van der Waals surface area contributed by atoms with Crippen LogP contribution < -0.4 is 10.2 Å². The monoisotopic (exact) mass is 438 g/mol. The highest BCUT2D eigenvalue weighted by atomic mass is 19.4. The summed E-state index contributed by atoms with van der Waals surface area (Å²) in [5.74, 6) is -0.170. The van der Waals surface area contributed by atoms with E-state index in [-0.39, 0.29) is 17.7 Å². The lowest BCUT2D eigenvalue weighted by Gasteiger charge is -2.36. The number of benzene rings is 1. The van der Waals surface area contributed by atoms with Crippen LogP contribution in [0.25, 0.3) is 0 Å². The van der Waals surface area contributed by atoms with Crippen molar-refractivity contribution in [3.63, 3.8) is 0 Å². The summed E-state index contributed by atoms with van der Waals surface area (Å²) in [6.07, 6.45) is -1.09. The molecule has 2 aliphatic heterocycles. The number of anilines is 1. The van der Waals surface area contributed by atoms with Crippen LogP contribution in [0.2, 0.25) is 0 Å². The van der Waals surface area contributed by atoms with Gasteiger partial charge in [0.05, 0.1) is 11.5 Å². The SMILES string of the molecule is O=C(NCCCN1CCN(c2cccc(C(F)(F)F)c2)CC1)C1CC(=O)N(C2CC2)C1. The molecule has 2 heterocycles. The third-order valence-corrected chi connectivity index (χ3v) is 6.38. The molecule has 6 nitrogen and oxygen atoms in total. The third kappa shape index (κ3) is 5.50. The first-order valence-electron chi connectivity index (χ1n) is 11.0. The van der Waals surface area contributed by atoms with Crippen LogP contribution in [0.3, 0.4) is 0 Å². The Morgan fingerprint density at radius 1 is 1.13 bits per heavy atom. The zero-order valence-corrected chi connectivity index (χ0v) is 17.5. The topological polar surface area (TPSA) is 55.9 Å². The van der Waals surface area contributed by atoms with Crippen LogP contribution >= 0.6 is 0 Å². The smallest absolute Gasteiger partial charge is 0.369 e. The molecule has 2 amide bonds. The molecule has 0 spiro atoms. The lowest BCUT2D eigenvalue weighted by molar-refractivity contribution is -0.137. The van der Waals surface area contributed by atoms with Gasteiger partial charge in [-0.3, -0.25) is 14.5 Å². The molecule has 1 aliphatic carbocycles. The van der Waals surface area contributed by atoms with Crippen LogP contribution in [0.1, 0.15) is 31.2 Å². The van der Waals surface area contributed by atoms with Crippen molar-refractivity contribution in [2.75, 3.05) is 50.7 Å². The number of carbonyl (C=O) groups excluding carboxylic acids is 2. The van der Waals surface area contributed by atoms with Crippen LogP contribution in [-0.2, 0) is 15.8 Å². The first-order valence-corrected chi connectivity index (χ1v) is 11.0. The number of hydrogen-bond acceptors (Lipinski definition) is 4. The second-order valence-corrected chi connectivity index (χ2v) is 8.70. The summed E-state index contributed by atoms with van der Waals surface area (Å²) in [6, 6.07) is 5.84. The summed E-state index contributed by atoms with van der Waals surface area (Å²) in [4.78, 5) is 30.4. The normalized spacial score (nSPS) is 22.8. The van der Waals surface area contributed by atoms with Gasteiger partial charge in [-0.25, -0.2) is 0 Å². The minimum Gasteiger partial charge on any atom is -0.369 e. The van der Waals surface area contributed by atoms with Gasteiger partial charge in [0.25, 0.3) is 0 Å². The Morgan fingerprint density at radius 2 is 1.87 bits per heavy atom. The molecule has 1 saturated carbocycles. The number of alkyl halides is 3. The second-order valence-electron chi connectivity index (χ2n) is 8.70. The molecule has 31 heavy (non-hydrogen) atoms.